The quantitative estimate of drug-likeness (QED) is 0.487. The minimum Gasteiger partial charge on any atom is -1.00 e. The second-order valence-electron chi connectivity index (χ2n) is 1.81. The Morgan fingerprint density at radius 3 is 2.36 bits per heavy atom. The molecular formula is C7H9IN2O. The van der Waals surface area contributed by atoms with E-state index in [1.54, 1.807) is 12.1 Å². The topological polar surface area (TPSA) is 82.9 Å². The summed E-state index contributed by atoms with van der Waals surface area (Å²) >= 11 is 0. The van der Waals surface area contributed by atoms with Gasteiger partial charge in [-0.05, 0) is 12.1 Å². The Morgan fingerprint density at radius 1 is 1.36 bits per heavy atom. The van der Waals surface area contributed by atoms with Crippen LogP contribution in [0, 0.1) is 11.3 Å². The summed E-state index contributed by atoms with van der Waals surface area (Å²) in [5, 5.41) is 8.38. The van der Waals surface area contributed by atoms with Crippen LogP contribution >= 0.6 is 0 Å². The van der Waals surface area contributed by atoms with E-state index in [-0.39, 0.29) is 29.5 Å². The molecule has 60 valence electrons. The Kier molecular flexibility index (Phi) is 7.20. The van der Waals surface area contributed by atoms with Crippen molar-refractivity contribution in [2.75, 3.05) is 0 Å². The maximum Gasteiger partial charge on any atom is 0.129 e. The van der Waals surface area contributed by atoms with Crippen molar-refractivity contribution in [3.05, 3.63) is 29.8 Å². The molecule has 0 atom stereocenters. The van der Waals surface area contributed by atoms with Gasteiger partial charge in [0.25, 0.3) is 0 Å². The molecule has 1 aromatic carbocycles. The fourth-order valence-electron chi connectivity index (χ4n) is 0.641. The highest BCUT2D eigenvalue weighted by molar-refractivity contribution is 5.38. The number of rotatable bonds is 0. The first-order valence-corrected chi connectivity index (χ1v) is 2.65. The lowest BCUT2D eigenvalue weighted by atomic mass is 10.2. The second kappa shape index (κ2) is 6.09. The van der Waals surface area contributed by atoms with Crippen LogP contribution in [-0.4, -0.2) is 5.48 Å². The first-order chi connectivity index (χ1) is 4.33. The van der Waals surface area contributed by atoms with Crippen molar-refractivity contribution in [1.29, 1.82) is 5.26 Å². The Balaban J connectivity index is 0. The largest absolute Gasteiger partial charge is 1.00 e. The van der Waals surface area contributed by atoms with E-state index in [4.69, 9.17) is 5.26 Å². The molecule has 0 fully saturated rings. The molecular weight excluding hydrogens is 255 g/mol. The Labute approximate surface area is 82.2 Å². The highest BCUT2D eigenvalue weighted by atomic mass is 127. The lowest BCUT2D eigenvalue weighted by Gasteiger charge is -1.85. The molecule has 0 saturated carbocycles. The predicted molar refractivity (Wildman–Crippen MR) is 37.3 cm³/mol. The molecule has 11 heavy (non-hydrogen) atoms. The van der Waals surface area contributed by atoms with Gasteiger partial charge in [-0.3, -0.25) is 0 Å². The summed E-state index contributed by atoms with van der Waals surface area (Å²) in [5.41, 5.74) is 5.23. The van der Waals surface area contributed by atoms with E-state index >= 15 is 0 Å². The molecule has 0 heterocycles. The van der Waals surface area contributed by atoms with E-state index < -0.39 is 0 Å². The van der Waals surface area contributed by atoms with Gasteiger partial charge in [0.05, 0.1) is 11.6 Å². The third-order valence-electron chi connectivity index (χ3n) is 1.06. The molecule has 0 aromatic heterocycles. The Bertz CT molecular complexity index is 257. The van der Waals surface area contributed by atoms with E-state index in [0.717, 1.165) is 5.69 Å². The van der Waals surface area contributed by atoms with Crippen LogP contribution in [0.2, 0.25) is 0 Å². The lowest BCUT2D eigenvalue weighted by molar-refractivity contribution is -0.254. The highest BCUT2D eigenvalue weighted by Gasteiger charge is 1.89. The van der Waals surface area contributed by atoms with Crippen molar-refractivity contribution in [2.45, 2.75) is 0 Å². The van der Waals surface area contributed by atoms with Crippen LogP contribution in [0.4, 0.5) is 5.69 Å². The summed E-state index contributed by atoms with van der Waals surface area (Å²) in [4.78, 5) is 0. The second-order valence-corrected chi connectivity index (χ2v) is 1.81. The van der Waals surface area contributed by atoms with Crippen LogP contribution in [0.1, 0.15) is 5.56 Å². The average molecular weight is 264 g/mol. The van der Waals surface area contributed by atoms with Crippen LogP contribution < -0.4 is 29.7 Å². The van der Waals surface area contributed by atoms with E-state index in [1.807, 2.05) is 18.2 Å². The Morgan fingerprint density at radius 2 is 2.00 bits per heavy atom. The maximum atomic E-state index is 8.38. The van der Waals surface area contributed by atoms with Crippen molar-refractivity contribution in [3.8, 4) is 6.07 Å². The standard InChI is InChI=1S/C7H6N2.HI.H2O/c8-5-6-2-1-3-7(9)4-6;;/h1-4H,9H2;1H;1H2. The molecule has 0 radical (unpaired) electrons. The van der Waals surface area contributed by atoms with Crippen molar-refractivity contribution in [1.82, 2.24) is 0 Å². The molecule has 0 aliphatic rings. The van der Waals surface area contributed by atoms with Gasteiger partial charge in [-0.2, -0.15) is 5.26 Å². The van der Waals surface area contributed by atoms with Gasteiger partial charge in [0, 0.05) is 6.07 Å². The van der Waals surface area contributed by atoms with Gasteiger partial charge in [-0.15, -0.1) is 0 Å². The van der Waals surface area contributed by atoms with E-state index in [9.17, 15) is 0 Å². The van der Waals surface area contributed by atoms with E-state index in [2.05, 4.69) is 5.73 Å². The summed E-state index contributed by atoms with van der Waals surface area (Å²) in [6, 6.07) is 9.22. The van der Waals surface area contributed by atoms with Gasteiger partial charge < -0.3 is 35.2 Å². The summed E-state index contributed by atoms with van der Waals surface area (Å²) in [6.07, 6.45) is 0. The van der Waals surface area contributed by atoms with Gasteiger partial charge in [-0.1, -0.05) is 6.07 Å². The molecule has 0 saturated heterocycles. The molecule has 1 aromatic rings. The molecule has 5 N–H and O–H groups in total. The lowest BCUT2D eigenvalue weighted by Crippen LogP contribution is -3.00. The molecule has 0 bridgehead atoms. The first kappa shape index (κ1) is 13.0. The number of quaternary nitrogens is 1. The molecule has 0 unspecified atom stereocenters. The average Bonchev–Trinajstić information content (AvgIpc) is 1.88. The van der Waals surface area contributed by atoms with Crippen LogP contribution in [0.25, 0.3) is 0 Å². The van der Waals surface area contributed by atoms with E-state index in [1.165, 1.54) is 0 Å². The Hall–Kier alpha value is -0.640. The molecule has 0 spiro atoms. The molecule has 0 aliphatic carbocycles. The zero-order valence-electron chi connectivity index (χ0n) is 5.84. The van der Waals surface area contributed by atoms with Gasteiger partial charge in [0.2, 0.25) is 0 Å². The first-order valence-electron chi connectivity index (χ1n) is 2.65. The predicted octanol–water partition coefficient (Wildman–Crippen LogP) is -3.39. The van der Waals surface area contributed by atoms with Crippen molar-refractivity contribution < 1.29 is 35.2 Å². The van der Waals surface area contributed by atoms with Crippen molar-refractivity contribution in [2.24, 2.45) is 0 Å². The number of hydrogen-bond acceptors (Lipinski definition) is 1. The molecule has 0 amide bonds. The number of hydrogen-bond donors (Lipinski definition) is 1. The highest BCUT2D eigenvalue weighted by Crippen LogP contribution is 2.01. The number of nitriles is 1. The summed E-state index contributed by atoms with van der Waals surface area (Å²) in [6.45, 7) is 0. The van der Waals surface area contributed by atoms with Gasteiger partial charge in [-0.25, -0.2) is 0 Å². The fraction of sp³-hybridized carbons (Fsp3) is 0. The molecule has 3 nitrogen and oxygen atoms in total. The monoisotopic (exact) mass is 264 g/mol. The van der Waals surface area contributed by atoms with Crippen LogP contribution in [-0.2, 0) is 0 Å². The minimum absolute atomic E-state index is 0. The SMILES string of the molecule is N#Cc1cccc([NH3+])c1.O.[I-]. The van der Waals surface area contributed by atoms with Gasteiger partial charge >= 0.3 is 0 Å². The number of halogens is 1. The summed E-state index contributed by atoms with van der Waals surface area (Å²) in [7, 11) is 0. The van der Waals surface area contributed by atoms with E-state index in [0.29, 0.717) is 5.56 Å². The summed E-state index contributed by atoms with van der Waals surface area (Å²) in [5.74, 6) is 0. The third kappa shape index (κ3) is 3.93. The van der Waals surface area contributed by atoms with Crippen LogP contribution in [0.15, 0.2) is 24.3 Å². The van der Waals surface area contributed by atoms with Crippen LogP contribution in [0.5, 0.6) is 0 Å². The fourth-order valence-corrected chi connectivity index (χ4v) is 0.641. The third-order valence-corrected chi connectivity index (χ3v) is 1.06. The van der Waals surface area contributed by atoms with Crippen molar-refractivity contribution in [3.63, 3.8) is 0 Å². The normalized spacial score (nSPS) is 6.91. The zero-order valence-corrected chi connectivity index (χ0v) is 8.00. The molecule has 1 rings (SSSR count). The van der Waals surface area contributed by atoms with Crippen LogP contribution in [0.3, 0.4) is 0 Å². The minimum atomic E-state index is 0. The zero-order chi connectivity index (χ0) is 6.69. The smallest absolute Gasteiger partial charge is 0.129 e. The van der Waals surface area contributed by atoms with Crippen molar-refractivity contribution >= 4 is 5.69 Å². The van der Waals surface area contributed by atoms with Gasteiger partial charge in [0.1, 0.15) is 5.69 Å². The number of benzene rings is 1. The van der Waals surface area contributed by atoms with Gasteiger partial charge in [0.15, 0.2) is 0 Å². The summed E-state index contributed by atoms with van der Waals surface area (Å²) < 4.78 is 0. The molecule has 0 aliphatic heterocycles. The number of nitrogens with zero attached hydrogens (tertiary/aromatic N) is 1. The molecule has 4 heteroatoms. The maximum absolute atomic E-state index is 8.38.